The predicted octanol–water partition coefficient (Wildman–Crippen LogP) is 3.06. The van der Waals surface area contributed by atoms with Crippen LogP contribution in [0.1, 0.15) is 65.2 Å². The molecule has 11 nitrogen and oxygen atoms in total. The monoisotopic (exact) mass is 565 g/mol. The molecular weight excluding hydrogens is 522 g/mol. The predicted molar refractivity (Wildman–Crippen MR) is 146 cm³/mol. The fourth-order valence-corrected chi connectivity index (χ4v) is 7.05. The van der Waals surface area contributed by atoms with Gasteiger partial charge in [-0.1, -0.05) is 13.3 Å². The molecule has 5 rings (SSSR count). The average molecular weight is 566 g/mol. The molecule has 1 amide bonds. The summed E-state index contributed by atoms with van der Waals surface area (Å²) in [6.07, 6.45) is 10.4. The van der Waals surface area contributed by atoms with Crippen molar-refractivity contribution in [2.24, 2.45) is 5.92 Å². The Bertz CT molecular complexity index is 1080. The second-order valence-corrected chi connectivity index (χ2v) is 13.8. The highest BCUT2D eigenvalue weighted by atomic mass is 32.2. The van der Waals surface area contributed by atoms with Crippen LogP contribution in [-0.2, 0) is 19.5 Å². The van der Waals surface area contributed by atoms with E-state index in [0.29, 0.717) is 64.3 Å². The van der Waals surface area contributed by atoms with Crippen LogP contribution in [0, 0.1) is 5.92 Å². The Morgan fingerprint density at radius 2 is 1.74 bits per heavy atom. The molecule has 0 N–H and O–H groups in total. The number of unbranched alkanes of at least 4 members (excludes halogenated alkanes) is 1. The van der Waals surface area contributed by atoms with Crippen molar-refractivity contribution in [1.29, 1.82) is 0 Å². The van der Waals surface area contributed by atoms with Gasteiger partial charge in [-0.25, -0.2) is 23.2 Å². The van der Waals surface area contributed by atoms with Crippen LogP contribution in [0.5, 0.6) is 5.88 Å². The number of ether oxygens (including phenoxy) is 3. The van der Waals surface area contributed by atoms with Gasteiger partial charge in [0.05, 0.1) is 30.4 Å². The molecule has 1 aromatic rings. The van der Waals surface area contributed by atoms with Crippen molar-refractivity contribution in [1.82, 2.24) is 19.2 Å². The number of aromatic nitrogens is 2. The van der Waals surface area contributed by atoms with E-state index in [-0.39, 0.29) is 17.4 Å². The van der Waals surface area contributed by atoms with E-state index in [4.69, 9.17) is 14.2 Å². The van der Waals surface area contributed by atoms with Gasteiger partial charge in [0.25, 0.3) is 0 Å². The van der Waals surface area contributed by atoms with Crippen molar-refractivity contribution in [3.8, 4) is 5.88 Å². The number of amides is 1. The Morgan fingerprint density at radius 3 is 2.33 bits per heavy atom. The molecule has 218 valence electrons. The minimum Gasteiger partial charge on any atom is -0.476 e. The van der Waals surface area contributed by atoms with Gasteiger partial charge in [-0.3, -0.25) is 0 Å². The number of piperidine rings is 1. The summed E-state index contributed by atoms with van der Waals surface area (Å²) in [5.74, 6) is 1.63. The van der Waals surface area contributed by atoms with Crippen LogP contribution in [0.4, 0.5) is 10.6 Å². The number of anilines is 1. The Balaban J connectivity index is 1.02. The van der Waals surface area contributed by atoms with Gasteiger partial charge < -0.3 is 24.0 Å². The van der Waals surface area contributed by atoms with Gasteiger partial charge >= 0.3 is 6.09 Å². The van der Waals surface area contributed by atoms with E-state index in [1.165, 1.54) is 0 Å². The molecule has 0 radical (unpaired) electrons. The summed E-state index contributed by atoms with van der Waals surface area (Å²) < 4.78 is 45.1. The van der Waals surface area contributed by atoms with Crippen molar-refractivity contribution in [3.05, 3.63) is 12.4 Å². The summed E-state index contributed by atoms with van der Waals surface area (Å²) in [7, 11) is -3.36. The molecule has 4 aliphatic rings. The summed E-state index contributed by atoms with van der Waals surface area (Å²) in [5, 5.41) is 0. The van der Waals surface area contributed by atoms with Crippen molar-refractivity contribution in [3.63, 3.8) is 0 Å². The fourth-order valence-electron chi connectivity index (χ4n) is 5.11. The maximum Gasteiger partial charge on any atom is 0.410 e. The molecule has 2 aliphatic heterocycles. The Labute approximate surface area is 232 Å². The third-order valence-corrected chi connectivity index (χ3v) is 10.4. The zero-order chi connectivity index (χ0) is 27.5. The second-order valence-electron chi connectivity index (χ2n) is 11.8. The van der Waals surface area contributed by atoms with Crippen LogP contribution in [0.2, 0.25) is 0 Å². The third kappa shape index (κ3) is 7.52. The zero-order valence-electron chi connectivity index (χ0n) is 23.3. The number of carbonyl (C=O) groups is 1. The van der Waals surface area contributed by atoms with E-state index in [1.807, 2.05) is 6.92 Å². The van der Waals surface area contributed by atoms with Crippen molar-refractivity contribution >= 4 is 21.9 Å². The van der Waals surface area contributed by atoms with Crippen LogP contribution in [-0.4, -0.2) is 103 Å². The van der Waals surface area contributed by atoms with Gasteiger partial charge in [0, 0.05) is 45.9 Å². The first-order valence-electron chi connectivity index (χ1n) is 14.5. The van der Waals surface area contributed by atoms with Crippen LogP contribution in [0.15, 0.2) is 12.4 Å². The molecule has 0 unspecified atom stereocenters. The fraction of sp³-hybridized carbons (Fsp3) is 0.815. The Hall–Kier alpha value is -2.18. The summed E-state index contributed by atoms with van der Waals surface area (Å²) in [5.41, 5.74) is -0.709. The standard InChI is InChI=1S/C27H43N5O6S/c1-3-4-17-37-27(9-10-27)21-39(34,35)32-15-13-30(14-16-32)23-18-29-24(19-28-23)36-20-22-5-11-31(12-6-22)25(33)38-26(2)7-8-26/h18-19,22H,3-17,20-21H2,1-2H3. The lowest BCUT2D eigenvalue weighted by molar-refractivity contribution is 0.0451. The molecule has 0 atom stereocenters. The van der Waals surface area contributed by atoms with E-state index >= 15 is 0 Å². The number of sulfonamides is 1. The summed E-state index contributed by atoms with van der Waals surface area (Å²) in [4.78, 5) is 25.1. The van der Waals surface area contributed by atoms with Crippen molar-refractivity contribution in [2.45, 2.75) is 76.4 Å². The molecular formula is C27H43N5O6S. The second kappa shape index (κ2) is 11.7. The van der Waals surface area contributed by atoms with E-state index in [1.54, 1.807) is 21.6 Å². The van der Waals surface area contributed by atoms with Crippen molar-refractivity contribution in [2.75, 3.05) is 63.1 Å². The van der Waals surface area contributed by atoms with Gasteiger partial charge in [0.2, 0.25) is 15.9 Å². The highest BCUT2D eigenvalue weighted by Crippen LogP contribution is 2.42. The van der Waals surface area contributed by atoms with Crippen molar-refractivity contribution < 1.29 is 27.4 Å². The number of rotatable bonds is 12. The molecule has 0 aromatic carbocycles. The number of carbonyl (C=O) groups excluding carboxylic acids is 1. The van der Waals surface area contributed by atoms with E-state index < -0.39 is 15.6 Å². The number of piperazine rings is 1. The van der Waals surface area contributed by atoms with E-state index in [2.05, 4.69) is 21.8 Å². The molecule has 2 aliphatic carbocycles. The van der Waals surface area contributed by atoms with E-state index in [0.717, 1.165) is 57.2 Å². The highest BCUT2D eigenvalue weighted by Gasteiger charge is 2.49. The zero-order valence-corrected chi connectivity index (χ0v) is 24.2. The lowest BCUT2D eigenvalue weighted by Crippen LogP contribution is -2.50. The topological polar surface area (TPSA) is 114 Å². The quantitative estimate of drug-likeness (QED) is 0.353. The smallest absolute Gasteiger partial charge is 0.410 e. The van der Waals surface area contributed by atoms with Crippen LogP contribution in [0.3, 0.4) is 0 Å². The molecule has 3 heterocycles. The third-order valence-electron chi connectivity index (χ3n) is 8.36. The first-order chi connectivity index (χ1) is 18.7. The largest absolute Gasteiger partial charge is 0.476 e. The lowest BCUT2D eigenvalue weighted by atomic mass is 9.98. The SMILES string of the molecule is CCCCOC1(CS(=O)(=O)N2CCN(c3cnc(OCC4CCN(C(=O)OC5(C)CC5)CC4)cn3)CC2)CC1. The van der Waals surface area contributed by atoms with Crippen LogP contribution >= 0.6 is 0 Å². The first-order valence-corrected chi connectivity index (χ1v) is 16.1. The maximum atomic E-state index is 13.0. The van der Waals surface area contributed by atoms with Gasteiger partial charge in [-0.2, -0.15) is 4.31 Å². The maximum absolute atomic E-state index is 13.0. The summed E-state index contributed by atoms with van der Waals surface area (Å²) in [6, 6.07) is 0. The highest BCUT2D eigenvalue weighted by molar-refractivity contribution is 7.89. The molecule has 2 saturated heterocycles. The number of hydrogen-bond acceptors (Lipinski definition) is 9. The van der Waals surface area contributed by atoms with Gasteiger partial charge in [-0.15, -0.1) is 0 Å². The Morgan fingerprint density at radius 1 is 1.03 bits per heavy atom. The van der Waals surface area contributed by atoms with Gasteiger partial charge in [0.15, 0.2) is 0 Å². The first kappa shape index (κ1) is 28.4. The number of hydrogen-bond donors (Lipinski definition) is 0. The van der Waals surface area contributed by atoms with E-state index in [9.17, 15) is 13.2 Å². The van der Waals surface area contributed by atoms with Gasteiger partial charge in [-0.05, 0) is 57.8 Å². The normalized spacial score (nSPS) is 22.9. The minimum atomic E-state index is -3.36. The van der Waals surface area contributed by atoms with Crippen LogP contribution < -0.4 is 9.64 Å². The molecule has 39 heavy (non-hydrogen) atoms. The lowest BCUT2D eigenvalue weighted by Gasteiger charge is -2.35. The summed E-state index contributed by atoms with van der Waals surface area (Å²) >= 11 is 0. The number of nitrogens with zero attached hydrogens (tertiary/aromatic N) is 5. The summed E-state index contributed by atoms with van der Waals surface area (Å²) in [6.45, 7) is 8.62. The number of likely N-dealkylation sites (tertiary alicyclic amines) is 1. The van der Waals surface area contributed by atoms with Gasteiger partial charge in [0.1, 0.15) is 11.4 Å². The molecule has 2 saturated carbocycles. The Kier molecular flexibility index (Phi) is 8.54. The molecule has 4 fully saturated rings. The molecule has 1 aromatic heterocycles. The average Bonchev–Trinajstić information content (AvgIpc) is 3.86. The molecule has 0 spiro atoms. The molecule has 12 heteroatoms. The minimum absolute atomic E-state index is 0.0815. The van der Waals surface area contributed by atoms with Crippen LogP contribution in [0.25, 0.3) is 0 Å². The molecule has 0 bridgehead atoms.